The summed E-state index contributed by atoms with van der Waals surface area (Å²) in [4.78, 5) is 18.8. The minimum Gasteiger partial charge on any atom is -0.480 e. The number of carboxylic acid groups (broad SMARTS) is 1. The lowest BCUT2D eigenvalue weighted by Crippen LogP contribution is -2.36. The molecule has 1 aromatic rings. The van der Waals surface area contributed by atoms with Crippen LogP contribution in [0.25, 0.3) is 0 Å². The molecule has 0 fully saturated rings. The number of nitrogens with one attached hydrogen (secondary N) is 1. The number of aliphatic carboxylic acids is 1. The average Bonchev–Trinajstić information content (AvgIpc) is 2.70. The third kappa shape index (κ3) is 4.90. The summed E-state index contributed by atoms with van der Waals surface area (Å²) in [6, 6.07) is -0.550. The molecule has 0 saturated carbocycles. The average molecular weight is 289 g/mol. The van der Waals surface area contributed by atoms with Gasteiger partial charge >= 0.3 is 5.97 Å². The topological polar surface area (TPSA) is 127 Å². The van der Waals surface area contributed by atoms with Gasteiger partial charge in [0.15, 0.2) is 5.96 Å². The Kier molecular flexibility index (Phi) is 5.89. The number of carbonyl (C=O) groups is 1. The highest BCUT2D eigenvalue weighted by Gasteiger charge is 2.14. The monoisotopic (exact) mass is 289 g/mol. The maximum absolute atomic E-state index is 10.8. The van der Waals surface area contributed by atoms with Gasteiger partial charge in [0.1, 0.15) is 6.04 Å². The summed E-state index contributed by atoms with van der Waals surface area (Å²) in [5.41, 5.74) is 11.3. The number of rotatable bonds is 7. The van der Waals surface area contributed by atoms with E-state index in [4.69, 9.17) is 16.6 Å². The van der Waals surface area contributed by atoms with Gasteiger partial charge < -0.3 is 21.9 Å². The summed E-state index contributed by atoms with van der Waals surface area (Å²) in [6.45, 7) is 0. The van der Waals surface area contributed by atoms with E-state index in [-0.39, 0.29) is 5.96 Å². The highest BCUT2D eigenvalue weighted by molar-refractivity contribution is 7.98. The summed E-state index contributed by atoms with van der Waals surface area (Å²) < 4.78 is 0. The van der Waals surface area contributed by atoms with Gasteiger partial charge in [0.25, 0.3) is 0 Å². The second kappa shape index (κ2) is 7.19. The van der Waals surface area contributed by atoms with E-state index in [2.05, 4.69) is 15.3 Å². The number of nitrogens with zero attached hydrogens (tertiary/aromatic N) is 2. The van der Waals surface area contributed by atoms with Gasteiger partial charge in [0.05, 0.1) is 5.69 Å². The van der Waals surface area contributed by atoms with Crippen molar-refractivity contribution in [3.8, 4) is 0 Å². The number of thioether (sulfide) groups is 1. The molecule has 0 radical (unpaired) electrons. The third-order valence-corrected chi connectivity index (χ3v) is 3.80. The Morgan fingerprint density at radius 1 is 1.72 bits per heavy atom. The first-order valence-electron chi connectivity index (χ1n) is 5.04. The fourth-order valence-electron chi connectivity index (χ4n) is 1.08. The molecule has 6 N–H and O–H groups in total. The highest BCUT2D eigenvalue weighted by atomic mass is 32.2. The van der Waals surface area contributed by atoms with Crippen LogP contribution in [0.2, 0.25) is 0 Å². The molecule has 0 aliphatic rings. The van der Waals surface area contributed by atoms with Gasteiger partial charge in [-0.3, -0.25) is 4.79 Å². The second-order valence-electron chi connectivity index (χ2n) is 3.35. The zero-order valence-corrected chi connectivity index (χ0v) is 11.4. The van der Waals surface area contributed by atoms with Crippen molar-refractivity contribution in [1.82, 2.24) is 10.3 Å². The molecule has 9 heteroatoms. The second-order valence-corrected chi connectivity index (χ2v) is 5.22. The Hall–Kier alpha value is -1.32. The molecule has 0 unspecified atom stereocenters. The maximum atomic E-state index is 10.8. The number of hydrogen-bond acceptors (Lipinski definition) is 6. The van der Waals surface area contributed by atoms with E-state index in [0.717, 1.165) is 5.69 Å². The maximum Gasteiger partial charge on any atom is 0.321 e. The van der Waals surface area contributed by atoms with Gasteiger partial charge in [-0.05, 0) is 7.05 Å². The smallest absolute Gasteiger partial charge is 0.321 e. The fraction of sp³-hybridized carbons (Fsp3) is 0.444. The van der Waals surface area contributed by atoms with Crippen molar-refractivity contribution in [1.29, 1.82) is 0 Å². The molecule has 0 aromatic carbocycles. The van der Waals surface area contributed by atoms with Crippen molar-refractivity contribution in [2.45, 2.75) is 11.8 Å². The lowest BCUT2D eigenvalue weighted by molar-refractivity contribution is -0.138. The Labute approximate surface area is 113 Å². The minimum atomic E-state index is -0.857. The quantitative estimate of drug-likeness (QED) is 0.409. The summed E-state index contributed by atoms with van der Waals surface area (Å²) in [6.07, 6.45) is 0. The third-order valence-electron chi connectivity index (χ3n) is 1.95. The number of guanidine groups is 1. The number of carboxylic acids is 1. The van der Waals surface area contributed by atoms with Crippen LogP contribution in [0.4, 0.5) is 5.13 Å². The normalized spacial score (nSPS) is 12.1. The molecule has 0 aliphatic heterocycles. The van der Waals surface area contributed by atoms with Crippen LogP contribution in [0.5, 0.6) is 0 Å². The van der Waals surface area contributed by atoms with Crippen LogP contribution in [0, 0.1) is 0 Å². The highest BCUT2D eigenvalue weighted by Crippen LogP contribution is 2.21. The summed E-state index contributed by atoms with van der Waals surface area (Å²) in [5.74, 6) is 0.220. The molecule has 1 aromatic heterocycles. The first-order valence-corrected chi connectivity index (χ1v) is 7.08. The van der Waals surface area contributed by atoms with E-state index in [1.807, 2.05) is 5.38 Å². The van der Waals surface area contributed by atoms with E-state index in [1.165, 1.54) is 23.1 Å². The van der Waals surface area contributed by atoms with E-state index < -0.39 is 12.0 Å². The predicted molar refractivity (Wildman–Crippen MR) is 74.2 cm³/mol. The van der Waals surface area contributed by atoms with Gasteiger partial charge in [0, 0.05) is 16.9 Å². The van der Waals surface area contributed by atoms with E-state index in [9.17, 15) is 4.79 Å². The zero-order valence-electron chi connectivity index (χ0n) is 9.79. The molecular weight excluding hydrogens is 274 g/mol. The number of aliphatic imine (C=N–C) groups is 1. The van der Waals surface area contributed by atoms with Crippen LogP contribution in [0.15, 0.2) is 10.4 Å². The summed E-state index contributed by atoms with van der Waals surface area (Å²) >= 11 is 2.83. The standard InChI is InChI=1S/C9H15N5O2S2/c1-12-6(7(15)16)4-17-2-5-3-18-9(13-5)14-8(10)11/h3,6,12H,2,4H2,1H3,(H,15,16)(H4,10,11,13,14)/t6-/m0/s1. The van der Waals surface area contributed by atoms with Crippen molar-refractivity contribution in [3.05, 3.63) is 11.1 Å². The number of aromatic nitrogens is 1. The van der Waals surface area contributed by atoms with Crippen molar-refractivity contribution in [2.24, 2.45) is 16.5 Å². The van der Waals surface area contributed by atoms with Crippen LogP contribution >= 0.6 is 23.1 Å². The van der Waals surface area contributed by atoms with Gasteiger partial charge in [0.2, 0.25) is 5.13 Å². The molecule has 0 saturated heterocycles. The Bertz CT molecular complexity index is 430. The predicted octanol–water partition coefficient (Wildman–Crippen LogP) is -0.0462. The zero-order chi connectivity index (χ0) is 13.5. The van der Waals surface area contributed by atoms with Crippen LogP contribution in [0.3, 0.4) is 0 Å². The molecule has 0 bridgehead atoms. The SMILES string of the molecule is CN[C@@H](CSCc1csc(N=C(N)N)n1)C(=O)O. The number of likely N-dealkylation sites (N-methyl/N-ethyl adjacent to an activating group) is 1. The van der Waals surface area contributed by atoms with Crippen LogP contribution in [-0.2, 0) is 10.5 Å². The minimum absolute atomic E-state index is 0.0234. The van der Waals surface area contributed by atoms with E-state index in [1.54, 1.807) is 7.05 Å². The van der Waals surface area contributed by atoms with Crippen LogP contribution in [-0.4, -0.2) is 40.9 Å². The van der Waals surface area contributed by atoms with Gasteiger partial charge in [-0.1, -0.05) is 0 Å². The fourth-order valence-corrected chi connectivity index (χ4v) is 2.91. The van der Waals surface area contributed by atoms with Crippen molar-refractivity contribution < 1.29 is 9.90 Å². The van der Waals surface area contributed by atoms with E-state index >= 15 is 0 Å². The lowest BCUT2D eigenvalue weighted by atomic mass is 10.3. The molecule has 0 aliphatic carbocycles. The largest absolute Gasteiger partial charge is 0.480 e. The molecule has 18 heavy (non-hydrogen) atoms. The lowest BCUT2D eigenvalue weighted by Gasteiger charge is -2.09. The Balaban J connectivity index is 2.42. The van der Waals surface area contributed by atoms with E-state index in [0.29, 0.717) is 16.6 Å². The molecular formula is C9H15N5O2S2. The van der Waals surface area contributed by atoms with Crippen LogP contribution in [0.1, 0.15) is 5.69 Å². The first-order chi connectivity index (χ1) is 8.52. The van der Waals surface area contributed by atoms with Crippen LogP contribution < -0.4 is 16.8 Å². The van der Waals surface area contributed by atoms with Crippen molar-refractivity contribution in [2.75, 3.05) is 12.8 Å². The molecule has 0 amide bonds. The van der Waals surface area contributed by atoms with Gasteiger partial charge in [-0.2, -0.15) is 16.8 Å². The Morgan fingerprint density at radius 3 is 3.00 bits per heavy atom. The Morgan fingerprint density at radius 2 is 2.44 bits per heavy atom. The van der Waals surface area contributed by atoms with Crippen molar-refractivity contribution >= 4 is 40.2 Å². The molecule has 1 heterocycles. The number of thiazole rings is 1. The van der Waals surface area contributed by atoms with Gasteiger partial charge in [-0.25, -0.2) is 4.98 Å². The molecule has 1 rings (SSSR count). The molecule has 100 valence electrons. The van der Waals surface area contributed by atoms with Crippen molar-refractivity contribution in [3.63, 3.8) is 0 Å². The molecule has 0 spiro atoms. The summed E-state index contributed by atoms with van der Waals surface area (Å²) in [7, 11) is 1.62. The molecule has 7 nitrogen and oxygen atoms in total. The first kappa shape index (κ1) is 14.7. The number of hydrogen-bond donors (Lipinski definition) is 4. The summed E-state index contributed by atoms with van der Waals surface area (Å²) in [5, 5.41) is 13.9. The number of nitrogens with two attached hydrogens (primary N) is 2. The van der Waals surface area contributed by atoms with Gasteiger partial charge in [-0.15, -0.1) is 11.3 Å². The molecule has 1 atom stereocenters.